The summed E-state index contributed by atoms with van der Waals surface area (Å²) in [5.74, 6) is 1.08. The maximum absolute atomic E-state index is 5.63. The second kappa shape index (κ2) is 4.95. The van der Waals surface area contributed by atoms with Gasteiger partial charge in [0.05, 0.1) is 18.9 Å². The van der Waals surface area contributed by atoms with E-state index in [0.29, 0.717) is 17.2 Å². The van der Waals surface area contributed by atoms with Gasteiger partial charge in [-0.3, -0.25) is 0 Å². The van der Waals surface area contributed by atoms with Crippen molar-refractivity contribution in [3.8, 4) is 5.75 Å². The first-order chi connectivity index (χ1) is 7.22. The SMILES string of the molecule is C=CO/C(=C\N)c1ccc(N)cc1OC. The minimum Gasteiger partial charge on any atom is -0.496 e. The molecule has 80 valence electrons. The van der Waals surface area contributed by atoms with E-state index >= 15 is 0 Å². The van der Waals surface area contributed by atoms with Crippen molar-refractivity contribution in [1.82, 2.24) is 0 Å². The number of anilines is 1. The van der Waals surface area contributed by atoms with Crippen LogP contribution >= 0.6 is 0 Å². The molecular weight excluding hydrogens is 192 g/mol. The predicted octanol–water partition coefficient (Wildman–Crippen LogP) is 1.69. The van der Waals surface area contributed by atoms with Crippen LogP contribution in [0, 0.1) is 0 Å². The molecule has 0 bridgehead atoms. The first-order valence-corrected chi connectivity index (χ1v) is 4.36. The number of ether oxygens (including phenoxy) is 2. The third kappa shape index (κ3) is 2.43. The molecule has 0 heterocycles. The predicted molar refractivity (Wildman–Crippen MR) is 60.9 cm³/mol. The van der Waals surface area contributed by atoms with Crippen molar-refractivity contribution in [3.05, 3.63) is 42.8 Å². The lowest BCUT2D eigenvalue weighted by Crippen LogP contribution is -1.97. The second-order valence-corrected chi connectivity index (χ2v) is 2.78. The average molecular weight is 206 g/mol. The number of nitrogen functional groups attached to an aromatic ring is 1. The van der Waals surface area contributed by atoms with Gasteiger partial charge in [-0.15, -0.1) is 0 Å². The average Bonchev–Trinajstić information content (AvgIpc) is 2.26. The van der Waals surface area contributed by atoms with E-state index in [1.54, 1.807) is 25.3 Å². The summed E-state index contributed by atoms with van der Waals surface area (Å²) in [5.41, 5.74) is 12.4. The Labute approximate surface area is 88.8 Å². The molecule has 4 N–H and O–H groups in total. The van der Waals surface area contributed by atoms with Crippen LogP contribution in [-0.2, 0) is 4.74 Å². The molecule has 0 amide bonds. The lowest BCUT2D eigenvalue weighted by Gasteiger charge is -2.11. The van der Waals surface area contributed by atoms with E-state index in [2.05, 4.69) is 6.58 Å². The zero-order chi connectivity index (χ0) is 11.3. The van der Waals surface area contributed by atoms with Gasteiger partial charge in [-0.25, -0.2) is 0 Å². The van der Waals surface area contributed by atoms with Crippen molar-refractivity contribution in [2.45, 2.75) is 0 Å². The maximum atomic E-state index is 5.63. The van der Waals surface area contributed by atoms with E-state index in [-0.39, 0.29) is 0 Å². The molecule has 0 atom stereocenters. The third-order valence-electron chi connectivity index (χ3n) is 1.85. The third-order valence-corrected chi connectivity index (χ3v) is 1.85. The summed E-state index contributed by atoms with van der Waals surface area (Å²) in [5, 5.41) is 0. The van der Waals surface area contributed by atoms with Crippen LogP contribution in [0.4, 0.5) is 5.69 Å². The largest absolute Gasteiger partial charge is 0.496 e. The summed E-state index contributed by atoms with van der Waals surface area (Å²) < 4.78 is 10.3. The Morgan fingerprint density at radius 3 is 2.73 bits per heavy atom. The quantitative estimate of drug-likeness (QED) is 0.581. The van der Waals surface area contributed by atoms with E-state index in [4.69, 9.17) is 20.9 Å². The van der Waals surface area contributed by atoms with Crippen LogP contribution in [0.15, 0.2) is 37.2 Å². The molecule has 0 aliphatic carbocycles. The summed E-state index contributed by atoms with van der Waals surface area (Å²) in [6, 6.07) is 5.22. The van der Waals surface area contributed by atoms with Crippen LogP contribution in [0.25, 0.3) is 5.76 Å². The molecular formula is C11H14N2O2. The number of methoxy groups -OCH3 is 1. The van der Waals surface area contributed by atoms with Crippen molar-refractivity contribution in [1.29, 1.82) is 0 Å². The first-order valence-electron chi connectivity index (χ1n) is 4.36. The van der Waals surface area contributed by atoms with E-state index in [1.807, 2.05) is 0 Å². The highest BCUT2D eigenvalue weighted by atomic mass is 16.5. The Morgan fingerprint density at radius 2 is 2.20 bits per heavy atom. The second-order valence-electron chi connectivity index (χ2n) is 2.78. The minimum atomic E-state index is 0.474. The van der Waals surface area contributed by atoms with Gasteiger partial charge < -0.3 is 20.9 Å². The molecule has 0 spiro atoms. The topological polar surface area (TPSA) is 70.5 Å². The van der Waals surface area contributed by atoms with Crippen molar-refractivity contribution in [2.75, 3.05) is 12.8 Å². The Kier molecular flexibility index (Phi) is 3.62. The molecule has 0 saturated heterocycles. The summed E-state index contributed by atoms with van der Waals surface area (Å²) >= 11 is 0. The van der Waals surface area contributed by atoms with Gasteiger partial charge in [0.25, 0.3) is 0 Å². The van der Waals surface area contributed by atoms with Crippen molar-refractivity contribution < 1.29 is 9.47 Å². The summed E-state index contributed by atoms with van der Waals surface area (Å²) in [4.78, 5) is 0. The van der Waals surface area contributed by atoms with Gasteiger partial charge in [-0.05, 0) is 12.1 Å². The minimum absolute atomic E-state index is 0.474. The number of rotatable bonds is 4. The molecule has 0 aromatic heterocycles. The van der Waals surface area contributed by atoms with Gasteiger partial charge in [0, 0.05) is 18.0 Å². The van der Waals surface area contributed by atoms with Crippen molar-refractivity contribution in [3.63, 3.8) is 0 Å². The van der Waals surface area contributed by atoms with Gasteiger partial charge >= 0.3 is 0 Å². The molecule has 1 aromatic carbocycles. The normalized spacial score (nSPS) is 10.9. The molecule has 4 nitrogen and oxygen atoms in total. The molecule has 0 fully saturated rings. The fourth-order valence-electron chi connectivity index (χ4n) is 1.19. The van der Waals surface area contributed by atoms with E-state index in [0.717, 1.165) is 5.56 Å². The molecule has 0 aliphatic rings. The first kappa shape index (κ1) is 11.0. The number of hydrogen-bond donors (Lipinski definition) is 2. The molecule has 0 unspecified atom stereocenters. The fraction of sp³-hybridized carbons (Fsp3) is 0.0909. The van der Waals surface area contributed by atoms with Crippen LogP contribution in [0.2, 0.25) is 0 Å². The van der Waals surface area contributed by atoms with Crippen LogP contribution in [-0.4, -0.2) is 7.11 Å². The van der Waals surface area contributed by atoms with Crippen LogP contribution < -0.4 is 16.2 Å². The van der Waals surface area contributed by atoms with Crippen LogP contribution in [0.1, 0.15) is 5.56 Å². The summed E-state index contributed by atoms with van der Waals surface area (Å²) in [6.45, 7) is 3.46. The Balaban J connectivity index is 3.17. The molecule has 4 heteroatoms. The Bertz CT molecular complexity index is 386. The van der Waals surface area contributed by atoms with Gasteiger partial charge in [-0.2, -0.15) is 0 Å². The molecule has 0 aliphatic heterocycles. The maximum Gasteiger partial charge on any atom is 0.152 e. The Hall–Kier alpha value is -2.10. The Morgan fingerprint density at radius 1 is 1.47 bits per heavy atom. The van der Waals surface area contributed by atoms with Crippen LogP contribution in [0.5, 0.6) is 5.75 Å². The zero-order valence-electron chi connectivity index (χ0n) is 8.57. The van der Waals surface area contributed by atoms with Crippen LogP contribution in [0.3, 0.4) is 0 Å². The molecule has 1 aromatic rings. The lowest BCUT2D eigenvalue weighted by atomic mass is 10.1. The molecule has 1 rings (SSSR count). The van der Waals surface area contributed by atoms with Gasteiger partial charge in [-0.1, -0.05) is 6.58 Å². The highest BCUT2D eigenvalue weighted by Gasteiger charge is 2.08. The van der Waals surface area contributed by atoms with Gasteiger partial charge in [0.15, 0.2) is 5.76 Å². The highest BCUT2D eigenvalue weighted by Crippen LogP contribution is 2.28. The van der Waals surface area contributed by atoms with E-state index in [9.17, 15) is 0 Å². The summed E-state index contributed by atoms with van der Waals surface area (Å²) in [6.07, 6.45) is 2.64. The molecule has 0 radical (unpaired) electrons. The number of hydrogen-bond acceptors (Lipinski definition) is 4. The van der Waals surface area contributed by atoms with E-state index < -0.39 is 0 Å². The monoisotopic (exact) mass is 206 g/mol. The smallest absolute Gasteiger partial charge is 0.152 e. The van der Waals surface area contributed by atoms with Crippen molar-refractivity contribution >= 4 is 11.4 Å². The zero-order valence-corrected chi connectivity index (χ0v) is 8.57. The molecule has 0 saturated carbocycles. The van der Waals surface area contributed by atoms with E-state index in [1.165, 1.54) is 12.5 Å². The van der Waals surface area contributed by atoms with Crippen molar-refractivity contribution in [2.24, 2.45) is 5.73 Å². The van der Waals surface area contributed by atoms with Gasteiger partial charge in [0.1, 0.15) is 5.75 Å². The summed E-state index contributed by atoms with van der Waals surface area (Å²) in [7, 11) is 1.56. The highest BCUT2D eigenvalue weighted by molar-refractivity contribution is 5.68. The lowest BCUT2D eigenvalue weighted by molar-refractivity contribution is 0.400. The standard InChI is InChI=1S/C11H14N2O2/c1-3-15-11(7-12)9-5-4-8(13)6-10(9)14-2/h3-7H,1,12-13H2,2H3/b11-7-. The number of nitrogens with two attached hydrogens (primary N) is 2. The molecule has 15 heavy (non-hydrogen) atoms. The number of benzene rings is 1. The fourth-order valence-corrected chi connectivity index (χ4v) is 1.19. The van der Waals surface area contributed by atoms with Gasteiger partial charge in [0.2, 0.25) is 0 Å².